The van der Waals surface area contributed by atoms with Gasteiger partial charge in [0.25, 0.3) is 0 Å². The number of hydrogen-bond donors (Lipinski definition) is 2. The van der Waals surface area contributed by atoms with E-state index in [0.717, 1.165) is 18.5 Å². The second kappa shape index (κ2) is 9.72. The van der Waals surface area contributed by atoms with Crippen molar-refractivity contribution in [3.05, 3.63) is 58.3 Å². The fraction of sp³-hybridized carbons (Fsp3) is 0.333. The number of nitrogens with zero attached hydrogens (tertiary/aromatic N) is 2. The molecule has 0 fully saturated rings. The van der Waals surface area contributed by atoms with Gasteiger partial charge in [0.1, 0.15) is 0 Å². The Morgan fingerprint density at radius 2 is 1.92 bits per heavy atom. The van der Waals surface area contributed by atoms with Crippen LogP contribution < -0.4 is 10.6 Å². The summed E-state index contributed by atoms with van der Waals surface area (Å²) in [7, 11) is 3.49. The van der Waals surface area contributed by atoms with Crippen LogP contribution in [0.3, 0.4) is 0 Å². The molecule has 2 aromatic rings. The number of aliphatic imine (C=N–C) groups is 1. The highest BCUT2D eigenvalue weighted by Crippen LogP contribution is 2.08. The van der Waals surface area contributed by atoms with E-state index in [2.05, 4.69) is 33.1 Å². The van der Waals surface area contributed by atoms with Crippen LogP contribution in [0, 0.1) is 0 Å². The summed E-state index contributed by atoms with van der Waals surface area (Å²) in [6.45, 7) is 1.58. The molecule has 0 aliphatic heterocycles. The first kappa shape index (κ1) is 18.0. The monoisotopic (exact) mass is 344 g/mol. The molecule has 0 radical (unpaired) electrons. The summed E-state index contributed by atoms with van der Waals surface area (Å²) in [4.78, 5) is 19.2. The lowest BCUT2D eigenvalue weighted by molar-refractivity contribution is -0.127. The summed E-state index contributed by atoms with van der Waals surface area (Å²) in [5.74, 6) is 0.674. The number of rotatable bonds is 7. The maximum Gasteiger partial charge on any atom is 0.241 e. The van der Waals surface area contributed by atoms with E-state index >= 15 is 0 Å². The van der Waals surface area contributed by atoms with Crippen LogP contribution in [0.25, 0.3) is 0 Å². The van der Waals surface area contributed by atoms with Crippen molar-refractivity contribution in [1.82, 2.24) is 15.5 Å². The quantitative estimate of drug-likeness (QED) is 0.597. The Labute approximate surface area is 147 Å². The summed E-state index contributed by atoms with van der Waals surface area (Å²) < 4.78 is 0. The van der Waals surface area contributed by atoms with Crippen LogP contribution in [-0.2, 0) is 17.8 Å². The molecule has 0 aliphatic rings. The Kier molecular flexibility index (Phi) is 7.29. The summed E-state index contributed by atoms with van der Waals surface area (Å²) in [5.41, 5.74) is 1.13. The predicted octanol–water partition coefficient (Wildman–Crippen LogP) is 2.11. The highest BCUT2D eigenvalue weighted by molar-refractivity contribution is 7.09. The minimum Gasteiger partial charge on any atom is -0.356 e. The fourth-order valence-electron chi connectivity index (χ4n) is 2.00. The summed E-state index contributed by atoms with van der Waals surface area (Å²) in [5, 5.41) is 8.48. The molecule has 0 spiro atoms. The van der Waals surface area contributed by atoms with Crippen molar-refractivity contribution in [3.63, 3.8) is 0 Å². The van der Waals surface area contributed by atoms with Gasteiger partial charge in [-0.1, -0.05) is 36.4 Å². The number of carbonyl (C=O) groups excluding carboxylic acids is 1. The Bertz CT molecular complexity index is 638. The number of hydrogen-bond acceptors (Lipinski definition) is 3. The number of nitrogens with one attached hydrogen (secondary N) is 2. The first-order valence-electron chi connectivity index (χ1n) is 7.94. The minimum absolute atomic E-state index is 0.0162. The molecule has 128 valence electrons. The number of carbonyl (C=O) groups is 1. The molecule has 1 aromatic heterocycles. The zero-order valence-electron chi connectivity index (χ0n) is 14.2. The lowest BCUT2D eigenvalue weighted by atomic mass is 10.2. The van der Waals surface area contributed by atoms with Crippen molar-refractivity contribution >= 4 is 23.2 Å². The third kappa shape index (κ3) is 6.42. The SMILES string of the molecule is CN(C)C(=O)CNC(=NCc1ccccc1)NCCc1cccs1. The molecule has 1 heterocycles. The number of amides is 1. The highest BCUT2D eigenvalue weighted by Gasteiger charge is 2.06. The van der Waals surface area contributed by atoms with Gasteiger partial charge >= 0.3 is 0 Å². The Hall–Kier alpha value is -2.34. The second-order valence-electron chi connectivity index (χ2n) is 5.55. The maximum atomic E-state index is 11.8. The third-order valence-electron chi connectivity index (χ3n) is 3.41. The second-order valence-corrected chi connectivity index (χ2v) is 6.58. The van der Waals surface area contributed by atoms with Crippen LogP contribution in [0.1, 0.15) is 10.4 Å². The Morgan fingerprint density at radius 1 is 1.12 bits per heavy atom. The summed E-state index contributed by atoms with van der Waals surface area (Å²) in [6.07, 6.45) is 0.936. The minimum atomic E-state index is 0.0162. The van der Waals surface area contributed by atoms with Crippen LogP contribution in [0.2, 0.25) is 0 Å². The van der Waals surface area contributed by atoms with Crippen molar-refractivity contribution in [2.24, 2.45) is 4.99 Å². The van der Waals surface area contributed by atoms with Gasteiger partial charge in [0.2, 0.25) is 5.91 Å². The molecule has 0 unspecified atom stereocenters. The summed E-state index contributed by atoms with van der Waals surface area (Å²) >= 11 is 1.75. The van der Waals surface area contributed by atoms with Gasteiger partial charge in [-0.3, -0.25) is 4.79 Å². The normalized spacial score (nSPS) is 11.2. The van der Waals surface area contributed by atoms with E-state index in [0.29, 0.717) is 12.5 Å². The number of benzene rings is 1. The van der Waals surface area contributed by atoms with Crippen molar-refractivity contribution in [1.29, 1.82) is 0 Å². The molecule has 6 heteroatoms. The lowest BCUT2D eigenvalue weighted by Crippen LogP contribution is -2.43. The topological polar surface area (TPSA) is 56.7 Å². The predicted molar refractivity (Wildman–Crippen MR) is 100 cm³/mol. The van der Waals surface area contributed by atoms with E-state index in [1.807, 2.05) is 30.3 Å². The zero-order valence-corrected chi connectivity index (χ0v) is 15.0. The number of likely N-dealkylation sites (N-methyl/N-ethyl adjacent to an activating group) is 1. The van der Waals surface area contributed by atoms with E-state index in [-0.39, 0.29) is 12.5 Å². The van der Waals surface area contributed by atoms with Crippen LogP contribution in [0.5, 0.6) is 0 Å². The van der Waals surface area contributed by atoms with Crippen LogP contribution in [-0.4, -0.2) is 44.0 Å². The van der Waals surface area contributed by atoms with Gasteiger partial charge in [0.15, 0.2) is 5.96 Å². The molecule has 1 aromatic carbocycles. The van der Waals surface area contributed by atoms with E-state index < -0.39 is 0 Å². The lowest BCUT2D eigenvalue weighted by Gasteiger charge is -2.15. The average molecular weight is 344 g/mol. The number of guanidine groups is 1. The smallest absolute Gasteiger partial charge is 0.241 e. The molecule has 2 rings (SSSR count). The van der Waals surface area contributed by atoms with Crippen molar-refractivity contribution < 1.29 is 4.79 Å². The molecule has 0 atom stereocenters. The number of thiophene rings is 1. The van der Waals surface area contributed by atoms with Gasteiger partial charge in [-0.25, -0.2) is 4.99 Å². The Morgan fingerprint density at radius 3 is 2.58 bits per heavy atom. The summed E-state index contributed by atoms with van der Waals surface area (Å²) in [6, 6.07) is 14.2. The van der Waals surface area contributed by atoms with Gasteiger partial charge in [-0.2, -0.15) is 0 Å². The molecular weight excluding hydrogens is 320 g/mol. The molecular formula is C18H24N4OS. The van der Waals surface area contributed by atoms with Crippen LogP contribution >= 0.6 is 11.3 Å². The van der Waals surface area contributed by atoms with Crippen molar-refractivity contribution in [2.45, 2.75) is 13.0 Å². The zero-order chi connectivity index (χ0) is 17.2. The van der Waals surface area contributed by atoms with Crippen molar-refractivity contribution in [3.8, 4) is 0 Å². The van der Waals surface area contributed by atoms with Crippen LogP contribution in [0.15, 0.2) is 52.8 Å². The average Bonchev–Trinajstić information content (AvgIpc) is 3.10. The molecule has 0 saturated carbocycles. The van der Waals surface area contributed by atoms with E-state index in [9.17, 15) is 4.79 Å². The van der Waals surface area contributed by atoms with E-state index in [1.165, 1.54) is 4.88 Å². The molecule has 0 bridgehead atoms. The van der Waals surface area contributed by atoms with Crippen LogP contribution in [0.4, 0.5) is 0 Å². The maximum absolute atomic E-state index is 11.8. The highest BCUT2D eigenvalue weighted by atomic mass is 32.1. The molecule has 1 amide bonds. The fourth-order valence-corrected chi connectivity index (χ4v) is 2.71. The standard InChI is InChI=1S/C18H24N4OS/c1-22(2)17(23)14-21-18(19-11-10-16-9-6-12-24-16)20-13-15-7-4-3-5-8-15/h3-9,12H,10-11,13-14H2,1-2H3,(H2,19,20,21). The molecule has 0 aliphatic carbocycles. The van der Waals surface area contributed by atoms with E-state index in [1.54, 1.807) is 30.3 Å². The Balaban J connectivity index is 1.90. The van der Waals surface area contributed by atoms with Gasteiger partial charge in [0.05, 0.1) is 13.1 Å². The third-order valence-corrected chi connectivity index (χ3v) is 4.35. The molecule has 2 N–H and O–H groups in total. The molecule has 5 nitrogen and oxygen atoms in total. The van der Waals surface area contributed by atoms with Gasteiger partial charge in [0, 0.05) is 25.5 Å². The van der Waals surface area contributed by atoms with Crippen molar-refractivity contribution in [2.75, 3.05) is 27.2 Å². The van der Waals surface area contributed by atoms with Gasteiger partial charge in [-0.05, 0) is 23.4 Å². The first-order chi connectivity index (χ1) is 11.6. The van der Waals surface area contributed by atoms with Gasteiger partial charge < -0.3 is 15.5 Å². The van der Waals surface area contributed by atoms with Gasteiger partial charge in [-0.15, -0.1) is 11.3 Å². The molecule has 0 saturated heterocycles. The van der Waals surface area contributed by atoms with E-state index in [4.69, 9.17) is 0 Å². The molecule has 24 heavy (non-hydrogen) atoms. The largest absolute Gasteiger partial charge is 0.356 e. The first-order valence-corrected chi connectivity index (χ1v) is 8.82.